The molecule has 1 aromatic rings. The number of hydrogen-bond donors (Lipinski definition) is 0. The van der Waals surface area contributed by atoms with E-state index in [1.165, 1.54) is 0 Å². The van der Waals surface area contributed by atoms with Crippen LogP contribution in [0.2, 0.25) is 0 Å². The molecule has 1 heterocycles. The molecular formula is C9H7N2+. The summed E-state index contributed by atoms with van der Waals surface area (Å²) in [5.41, 5.74) is 2.05. The standard InChI is InChI=1S/C9H7N2/c1-2-4-8(5-3-1)9-6-10-7-11-9/h1-7H/q+1. The Hall–Kier alpha value is -1.66. The third-order valence-electron chi connectivity index (χ3n) is 1.53. The quantitative estimate of drug-likeness (QED) is 0.516. The fourth-order valence-electron chi connectivity index (χ4n) is 0.991. The van der Waals surface area contributed by atoms with Crippen LogP contribution < -0.4 is 4.67 Å². The topological polar surface area (TPSA) is 26.5 Å². The predicted molar refractivity (Wildman–Crippen MR) is 47.2 cm³/mol. The number of aliphatic imine (C=N–C) groups is 1. The van der Waals surface area contributed by atoms with E-state index >= 15 is 0 Å². The number of benzene rings is 1. The molecule has 0 radical (unpaired) electrons. The predicted octanol–water partition coefficient (Wildman–Crippen LogP) is 0.656. The Morgan fingerprint density at radius 3 is 2.55 bits per heavy atom. The molecular weight excluding hydrogens is 136 g/mol. The molecule has 2 heteroatoms. The minimum absolute atomic E-state index is 0.936. The molecule has 0 saturated carbocycles. The van der Waals surface area contributed by atoms with Gasteiger partial charge in [-0.25, -0.2) is 4.67 Å². The molecule has 52 valence electrons. The first kappa shape index (κ1) is 6.08. The van der Waals surface area contributed by atoms with E-state index in [4.69, 9.17) is 0 Å². The van der Waals surface area contributed by atoms with Crippen molar-refractivity contribution in [2.24, 2.45) is 4.99 Å². The summed E-state index contributed by atoms with van der Waals surface area (Å²) in [5.74, 6) is 0. The van der Waals surface area contributed by atoms with Crippen LogP contribution in [0.15, 0.2) is 35.3 Å². The molecule has 0 atom stereocenters. The Kier molecular flexibility index (Phi) is 1.39. The van der Waals surface area contributed by atoms with Crippen molar-refractivity contribution in [1.29, 1.82) is 0 Å². The van der Waals surface area contributed by atoms with Crippen LogP contribution in [0.25, 0.3) is 0 Å². The van der Waals surface area contributed by atoms with Gasteiger partial charge in [0.2, 0.25) is 6.21 Å². The van der Waals surface area contributed by atoms with Crippen LogP contribution in [-0.4, -0.2) is 18.3 Å². The fraction of sp³-hybridized carbons (Fsp3) is 0. The van der Waals surface area contributed by atoms with E-state index in [1.54, 1.807) is 12.6 Å². The smallest absolute Gasteiger partial charge is 0.203 e. The lowest BCUT2D eigenvalue weighted by Crippen LogP contribution is -2.01. The van der Waals surface area contributed by atoms with Gasteiger partial charge >= 0.3 is 6.34 Å². The van der Waals surface area contributed by atoms with E-state index in [9.17, 15) is 0 Å². The van der Waals surface area contributed by atoms with Crippen LogP contribution in [0.4, 0.5) is 0 Å². The molecule has 1 aliphatic heterocycles. The van der Waals surface area contributed by atoms with Crippen molar-refractivity contribution in [3.8, 4) is 0 Å². The summed E-state index contributed by atoms with van der Waals surface area (Å²) in [7, 11) is 0. The van der Waals surface area contributed by atoms with Gasteiger partial charge in [-0.1, -0.05) is 18.2 Å². The lowest BCUT2D eigenvalue weighted by molar-refractivity contribution is 1.62. The van der Waals surface area contributed by atoms with Gasteiger partial charge in [0, 0.05) is 5.56 Å². The number of rotatable bonds is 1. The van der Waals surface area contributed by atoms with Crippen molar-refractivity contribution in [3.05, 3.63) is 35.9 Å². The van der Waals surface area contributed by atoms with Gasteiger partial charge in [0.05, 0.1) is 0 Å². The molecule has 1 aliphatic rings. The second-order valence-electron chi connectivity index (χ2n) is 2.27. The molecule has 0 unspecified atom stereocenters. The highest BCUT2D eigenvalue weighted by atomic mass is 14.8. The summed E-state index contributed by atoms with van der Waals surface area (Å²) in [6, 6.07) is 10.0. The molecule has 0 spiro atoms. The monoisotopic (exact) mass is 143 g/mol. The lowest BCUT2D eigenvalue weighted by atomic mass is 10.1. The molecule has 0 bridgehead atoms. The van der Waals surface area contributed by atoms with Crippen molar-refractivity contribution < 1.29 is 0 Å². The maximum Gasteiger partial charge on any atom is 0.379 e. The zero-order chi connectivity index (χ0) is 7.52. The maximum absolute atomic E-state index is 4.08. The number of hydrogen-bond acceptors (Lipinski definition) is 1. The largest absolute Gasteiger partial charge is 0.379 e. The molecule has 2 nitrogen and oxygen atoms in total. The zero-order valence-corrected chi connectivity index (χ0v) is 5.94. The Bertz CT molecular complexity index is 343. The summed E-state index contributed by atoms with van der Waals surface area (Å²) >= 11 is 0. The molecule has 1 aromatic carbocycles. The van der Waals surface area contributed by atoms with Gasteiger partial charge in [0.1, 0.15) is 0 Å². The van der Waals surface area contributed by atoms with E-state index in [-0.39, 0.29) is 0 Å². The first-order valence-electron chi connectivity index (χ1n) is 3.45. The summed E-state index contributed by atoms with van der Waals surface area (Å²) in [5, 5.41) is 0. The third-order valence-corrected chi connectivity index (χ3v) is 1.53. The van der Waals surface area contributed by atoms with Gasteiger partial charge in [-0.3, -0.25) is 0 Å². The van der Waals surface area contributed by atoms with Crippen molar-refractivity contribution in [1.82, 2.24) is 4.67 Å². The van der Waals surface area contributed by atoms with Crippen LogP contribution in [-0.2, 0) is 0 Å². The fourth-order valence-corrected chi connectivity index (χ4v) is 0.991. The number of nitrogens with zero attached hydrogens (tertiary/aromatic N) is 2. The molecule has 0 saturated heterocycles. The van der Waals surface area contributed by atoms with Crippen molar-refractivity contribution in [2.75, 3.05) is 0 Å². The minimum atomic E-state index is 0.936. The normalized spacial score (nSPS) is 13.6. The van der Waals surface area contributed by atoms with Crippen LogP contribution in [0, 0.1) is 0 Å². The van der Waals surface area contributed by atoms with Crippen LogP contribution in [0.5, 0.6) is 0 Å². The van der Waals surface area contributed by atoms with Gasteiger partial charge in [-0.15, -0.1) is 0 Å². The Morgan fingerprint density at radius 1 is 1.09 bits per heavy atom. The van der Waals surface area contributed by atoms with Crippen molar-refractivity contribution in [3.63, 3.8) is 0 Å². The van der Waals surface area contributed by atoms with Gasteiger partial charge in [-0.05, 0) is 17.1 Å². The van der Waals surface area contributed by atoms with Crippen LogP contribution in [0.1, 0.15) is 5.56 Å². The molecule has 11 heavy (non-hydrogen) atoms. The molecule has 0 aromatic heterocycles. The highest BCUT2D eigenvalue weighted by molar-refractivity contribution is 6.40. The summed E-state index contributed by atoms with van der Waals surface area (Å²) in [6.07, 6.45) is 3.32. The maximum atomic E-state index is 4.08. The Balaban J connectivity index is 2.46. The summed E-state index contributed by atoms with van der Waals surface area (Å²) < 4.78 is 4.08. The molecule has 0 N–H and O–H groups in total. The second-order valence-corrected chi connectivity index (χ2v) is 2.27. The van der Waals surface area contributed by atoms with Gasteiger partial charge in [0.25, 0.3) is 5.71 Å². The highest BCUT2D eigenvalue weighted by Gasteiger charge is 2.09. The summed E-state index contributed by atoms with van der Waals surface area (Å²) in [6.45, 7) is 0. The van der Waals surface area contributed by atoms with Crippen molar-refractivity contribution >= 4 is 18.3 Å². The molecule has 0 aliphatic carbocycles. The van der Waals surface area contributed by atoms with Gasteiger partial charge < -0.3 is 0 Å². The van der Waals surface area contributed by atoms with E-state index < -0.39 is 0 Å². The average molecular weight is 143 g/mol. The van der Waals surface area contributed by atoms with E-state index in [2.05, 4.69) is 9.66 Å². The lowest BCUT2D eigenvalue weighted by Gasteiger charge is -1.86. The first-order valence-corrected chi connectivity index (χ1v) is 3.45. The third kappa shape index (κ3) is 1.11. The van der Waals surface area contributed by atoms with E-state index in [0.29, 0.717) is 0 Å². The highest BCUT2D eigenvalue weighted by Crippen LogP contribution is 1.97. The molecule has 0 amide bonds. The average Bonchev–Trinajstić information content (AvgIpc) is 2.58. The second kappa shape index (κ2) is 2.52. The molecule has 0 fully saturated rings. The first-order chi connectivity index (χ1) is 5.47. The van der Waals surface area contributed by atoms with E-state index in [0.717, 1.165) is 11.3 Å². The Morgan fingerprint density at radius 2 is 1.91 bits per heavy atom. The van der Waals surface area contributed by atoms with Crippen LogP contribution in [0.3, 0.4) is 0 Å². The minimum Gasteiger partial charge on any atom is -0.203 e. The SMILES string of the molecule is C1=NC=[N+]=C1c1ccccc1. The van der Waals surface area contributed by atoms with Crippen LogP contribution >= 0.6 is 0 Å². The Labute approximate surface area is 64.7 Å². The van der Waals surface area contributed by atoms with E-state index in [1.807, 2.05) is 30.3 Å². The molecule has 2 rings (SSSR count). The van der Waals surface area contributed by atoms with Gasteiger partial charge in [0.15, 0.2) is 0 Å². The van der Waals surface area contributed by atoms with Crippen molar-refractivity contribution in [2.45, 2.75) is 0 Å². The zero-order valence-electron chi connectivity index (χ0n) is 5.94. The van der Waals surface area contributed by atoms with Gasteiger partial charge in [-0.2, -0.15) is 0 Å². The summed E-state index contributed by atoms with van der Waals surface area (Å²) in [4.78, 5) is 3.89.